The molecule has 0 spiro atoms. The minimum Gasteiger partial charge on any atom is -0.317 e. The number of aromatic nitrogens is 2. The summed E-state index contributed by atoms with van der Waals surface area (Å²) >= 11 is 6.83. The first kappa shape index (κ1) is 40.8. The van der Waals surface area contributed by atoms with E-state index >= 15 is 0 Å². The number of thiazole rings is 2. The van der Waals surface area contributed by atoms with Gasteiger partial charge in [-0.25, -0.2) is 9.97 Å². The van der Waals surface area contributed by atoms with E-state index in [-0.39, 0.29) is 17.6 Å². The third-order valence-electron chi connectivity index (χ3n) is 9.59. The molecule has 6 heterocycles. The van der Waals surface area contributed by atoms with Crippen LogP contribution in [0.5, 0.6) is 0 Å². The number of para-hydroxylation sites is 2. The lowest BCUT2D eigenvalue weighted by molar-refractivity contribution is -0.115. The molecule has 0 fully saturated rings. The Bertz CT molecular complexity index is 2250. The van der Waals surface area contributed by atoms with Crippen molar-refractivity contribution in [1.82, 2.24) is 20.2 Å². The molecule has 9 nitrogen and oxygen atoms in total. The maximum absolute atomic E-state index is 11.9. The lowest BCUT2D eigenvalue weighted by atomic mass is 9.95. The lowest BCUT2D eigenvalue weighted by Crippen LogP contribution is -2.30. The zero-order valence-electron chi connectivity index (χ0n) is 32.8. The van der Waals surface area contributed by atoms with Gasteiger partial charge < -0.3 is 20.7 Å². The van der Waals surface area contributed by atoms with Crippen LogP contribution < -0.4 is 16.0 Å². The molecule has 2 aliphatic heterocycles. The smallest absolute Gasteiger partial charge is 0.221 e. The average molecular weight is 815 g/mol. The van der Waals surface area contributed by atoms with Crippen LogP contribution in [0.15, 0.2) is 48.5 Å². The number of nitrogens with one attached hydrogen (secondary N) is 3. The summed E-state index contributed by atoms with van der Waals surface area (Å²) in [7, 11) is 0. The van der Waals surface area contributed by atoms with Crippen molar-refractivity contribution in [2.45, 2.75) is 99.2 Å². The molecule has 0 aliphatic carbocycles. The summed E-state index contributed by atoms with van der Waals surface area (Å²) in [6.45, 7) is 19.2. The molecular formula is C42H50N6O3S4. The van der Waals surface area contributed by atoms with Crippen molar-refractivity contribution in [1.29, 1.82) is 0 Å². The van der Waals surface area contributed by atoms with Gasteiger partial charge in [-0.3, -0.25) is 14.5 Å². The van der Waals surface area contributed by atoms with Gasteiger partial charge in [0.15, 0.2) is 0 Å². The van der Waals surface area contributed by atoms with Crippen LogP contribution in [-0.2, 0) is 27.5 Å². The first-order chi connectivity index (χ1) is 26.3. The number of ketones is 1. The van der Waals surface area contributed by atoms with Crippen molar-refractivity contribution >= 4 is 93.4 Å². The van der Waals surface area contributed by atoms with E-state index in [0.29, 0.717) is 17.9 Å². The van der Waals surface area contributed by atoms with Crippen LogP contribution in [0.1, 0.15) is 101 Å². The molecule has 2 atom stereocenters. The Morgan fingerprint density at radius 3 is 1.69 bits per heavy atom. The van der Waals surface area contributed by atoms with Crippen molar-refractivity contribution in [3.8, 4) is 21.1 Å². The molecule has 2 aliphatic rings. The van der Waals surface area contributed by atoms with Crippen LogP contribution in [0, 0.1) is 0 Å². The van der Waals surface area contributed by atoms with E-state index in [1.165, 1.54) is 44.1 Å². The Morgan fingerprint density at radius 1 is 0.727 bits per heavy atom. The van der Waals surface area contributed by atoms with Crippen LogP contribution in [-0.4, -0.2) is 51.6 Å². The number of fused-ring (bicyclic) bond motifs is 4. The van der Waals surface area contributed by atoms with Crippen molar-refractivity contribution < 1.29 is 14.4 Å². The van der Waals surface area contributed by atoms with Crippen molar-refractivity contribution in [2.75, 3.05) is 23.7 Å². The molecule has 8 rings (SSSR count). The molecule has 0 radical (unpaired) electrons. The minimum atomic E-state index is -0.0330. The van der Waals surface area contributed by atoms with E-state index in [4.69, 9.17) is 9.97 Å². The lowest BCUT2D eigenvalue weighted by Gasteiger charge is -2.24. The van der Waals surface area contributed by atoms with Gasteiger partial charge in [-0.15, -0.1) is 45.3 Å². The number of amides is 2. The van der Waals surface area contributed by atoms with Crippen molar-refractivity contribution in [2.24, 2.45) is 0 Å². The van der Waals surface area contributed by atoms with Crippen LogP contribution in [0.4, 0.5) is 10.0 Å². The number of anilines is 2. The molecule has 55 heavy (non-hydrogen) atoms. The largest absolute Gasteiger partial charge is 0.317 e. The highest BCUT2D eigenvalue weighted by molar-refractivity contribution is 7.23. The Kier molecular flexibility index (Phi) is 13.3. The summed E-state index contributed by atoms with van der Waals surface area (Å²) in [5, 5.41) is 13.5. The third kappa shape index (κ3) is 9.58. The highest BCUT2D eigenvalue weighted by atomic mass is 32.1. The van der Waals surface area contributed by atoms with E-state index in [2.05, 4.69) is 72.8 Å². The molecule has 6 aromatic rings. The maximum atomic E-state index is 11.9. The predicted molar refractivity (Wildman–Crippen MR) is 234 cm³/mol. The Labute approximate surface area is 339 Å². The molecule has 0 bridgehead atoms. The Balaban J connectivity index is 0.000000172. The number of Topliss-reactive ketones (excluding diaryl/α,β-unsaturated/α-hetero) is 1. The molecule has 3 N–H and O–H groups in total. The number of benzene rings is 2. The fourth-order valence-electron chi connectivity index (χ4n) is 7.02. The summed E-state index contributed by atoms with van der Waals surface area (Å²) in [5.74, 6) is 1.01. The number of nitrogens with zero attached hydrogens (tertiary/aromatic N) is 3. The zero-order chi connectivity index (χ0) is 39.4. The molecule has 0 saturated carbocycles. The second-order valence-corrected chi connectivity index (χ2v) is 18.9. The van der Waals surface area contributed by atoms with Gasteiger partial charge in [-0.2, -0.15) is 0 Å². The summed E-state index contributed by atoms with van der Waals surface area (Å²) in [4.78, 5) is 48.0. The first-order valence-electron chi connectivity index (χ1n) is 18.8. The van der Waals surface area contributed by atoms with Gasteiger partial charge in [0, 0.05) is 53.9 Å². The molecule has 2 aromatic carbocycles. The first-order valence-corrected chi connectivity index (χ1v) is 22.1. The number of rotatable bonds is 5. The van der Waals surface area contributed by atoms with Gasteiger partial charge in [0.25, 0.3) is 0 Å². The van der Waals surface area contributed by atoms with Crippen LogP contribution in [0.2, 0.25) is 0 Å². The van der Waals surface area contributed by atoms with Gasteiger partial charge >= 0.3 is 0 Å². The van der Waals surface area contributed by atoms with Gasteiger partial charge in [0.2, 0.25) is 11.8 Å². The normalized spacial score (nSPS) is 16.9. The molecule has 2 unspecified atom stereocenters. The number of thiophene rings is 2. The molecule has 13 heteroatoms. The number of carbonyl (C=O) groups is 3. The number of hydrogen-bond donors (Lipinski definition) is 3. The fraction of sp³-hybridized carbons (Fsp3) is 0.405. The molecule has 2 amide bonds. The predicted octanol–water partition coefficient (Wildman–Crippen LogP) is 10.9. The van der Waals surface area contributed by atoms with Crippen molar-refractivity contribution in [3.05, 3.63) is 69.4 Å². The fourth-order valence-corrected chi connectivity index (χ4v) is 11.9. The summed E-state index contributed by atoms with van der Waals surface area (Å²) in [5.41, 5.74) is 7.05. The van der Waals surface area contributed by atoms with E-state index in [1.807, 2.05) is 24.3 Å². The van der Waals surface area contributed by atoms with E-state index < -0.39 is 0 Å². The number of hydrogen-bond acceptors (Lipinski definition) is 11. The van der Waals surface area contributed by atoms with Gasteiger partial charge in [0.05, 0.1) is 20.4 Å². The van der Waals surface area contributed by atoms with E-state index in [0.717, 1.165) is 81.2 Å². The average Bonchev–Trinajstić information content (AvgIpc) is 3.85. The zero-order valence-corrected chi connectivity index (χ0v) is 36.1. The molecule has 4 aromatic heterocycles. The summed E-state index contributed by atoms with van der Waals surface area (Å²) in [6.07, 6.45) is 2.22. The molecule has 290 valence electrons. The highest BCUT2D eigenvalue weighted by Gasteiger charge is 2.31. The summed E-state index contributed by atoms with van der Waals surface area (Å²) < 4.78 is 2.37. The molecule has 0 saturated heterocycles. The van der Waals surface area contributed by atoms with E-state index in [1.54, 1.807) is 59.2 Å². The second-order valence-electron chi connectivity index (χ2n) is 14.7. The van der Waals surface area contributed by atoms with Crippen LogP contribution in [0.25, 0.3) is 41.6 Å². The van der Waals surface area contributed by atoms with Gasteiger partial charge in [0.1, 0.15) is 25.8 Å². The van der Waals surface area contributed by atoms with Gasteiger partial charge in [-0.1, -0.05) is 38.1 Å². The third-order valence-corrected chi connectivity index (χ3v) is 13.9. The van der Waals surface area contributed by atoms with Gasteiger partial charge in [-0.05, 0) is 101 Å². The topological polar surface area (TPSA) is 116 Å². The van der Waals surface area contributed by atoms with Crippen LogP contribution >= 0.6 is 45.3 Å². The van der Waals surface area contributed by atoms with Crippen LogP contribution in [0.3, 0.4) is 0 Å². The molecular weight excluding hydrogens is 765 g/mol. The quantitative estimate of drug-likeness (QED) is 0.159. The highest BCUT2D eigenvalue weighted by Crippen LogP contribution is 2.50. The monoisotopic (exact) mass is 814 g/mol. The SMILES string of the molecule is CC(=O)Nc1sc2c(c1-c1nc3ccccc3s1)C(C)CCN(C(C)C)C2.CC(=O)Nc1sc2c(c1-c1nc3ccccc3s1)C(C)CCNC2.CC(C)=O. The maximum Gasteiger partial charge on any atom is 0.221 e. The summed E-state index contributed by atoms with van der Waals surface area (Å²) in [6, 6.07) is 17.0. The minimum absolute atomic E-state index is 0.0258. The number of carbonyl (C=O) groups excluding carboxylic acids is 3. The second kappa shape index (κ2) is 18.0. The van der Waals surface area contributed by atoms with E-state index in [9.17, 15) is 14.4 Å². The van der Waals surface area contributed by atoms with Crippen molar-refractivity contribution in [3.63, 3.8) is 0 Å². The Morgan fingerprint density at radius 2 is 1.20 bits per heavy atom. The Hall–Kier alpha value is -3.85. The standard InChI is InChI=1S/C21H25N3OS2.C18H19N3OS2.C3H6O/c1-12(2)24-10-9-13(3)18-17(11-24)27-20(22-14(4)25)19(18)21-23-15-7-5-6-8-16(15)26-21;1-10-7-8-19-9-14-15(10)16(17(24-14)20-11(2)22)18-21-12-5-3-4-6-13(12)23-18;1-3(2)4/h5-8,12-13H,9-11H2,1-4H3,(H,22,25);3-6,10,19H,7-9H2,1-2H3,(H,20,22);1-2H3.